The van der Waals surface area contributed by atoms with Crippen molar-refractivity contribution in [2.45, 2.75) is 46.3 Å². The van der Waals surface area contributed by atoms with Crippen LogP contribution >= 0.6 is 15.9 Å². The topological polar surface area (TPSA) is 41.5 Å². The zero-order chi connectivity index (χ0) is 15.0. The van der Waals surface area contributed by atoms with Crippen LogP contribution in [-0.2, 0) is 0 Å². The number of aliphatic hydroxyl groups is 1. The number of methoxy groups -OCH3 is 1. The lowest BCUT2D eigenvalue weighted by atomic mass is 9.86. The summed E-state index contributed by atoms with van der Waals surface area (Å²) in [6.07, 6.45) is 0. The molecule has 0 saturated carbocycles. The quantitative estimate of drug-likeness (QED) is 0.889. The molecule has 0 fully saturated rings. The third-order valence-electron chi connectivity index (χ3n) is 3.70. The number of benzene rings is 1. The first-order chi connectivity index (χ1) is 8.66. The number of halogens is 1. The molecule has 0 aromatic heterocycles. The molecule has 0 spiro atoms. The summed E-state index contributed by atoms with van der Waals surface area (Å²) in [5, 5.41) is 13.6. The van der Waals surface area contributed by atoms with Crippen molar-refractivity contribution in [3.8, 4) is 5.75 Å². The number of rotatable bonds is 4. The van der Waals surface area contributed by atoms with Crippen LogP contribution in [0.15, 0.2) is 4.47 Å². The molecule has 0 heterocycles. The first-order valence-electron chi connectivity index (χ1n) is 6.39. The Morgan fingerprint density at radius 3 is 2.05 bits per heavy atom. The van der Waals surface area contributed by atoms with Gasteiger partial charge in [0.25, 0.3) is 0 Å². The van der Waals surface area contributed by atoms with E-state index < -0.39 is 5.60 Å². The van der Waals surface area contributed by atoms with Crippen molar-refractivity contribution < 1.29 is 9.84 Å². The van der Waals surface area contributed by atoms with E-state index in [1.807, 2.05) is 20.9 Å². The maximum Gasteiger partial charge on any atom is 0.127 e. The van der Waals surface area contributed by atoms with Crippen LogP contribution in [-0.4, -0.2) is 24.9 Å². The van der Waals surface area contributed by atoms with E-state index >= 15 is 0 Å². The van der Waals surface area contributed by atoms with Crippen molar-refractivity contribution in [3.05, 3.63) is 26.7 Å². The van der Waals surface area contributed by atoms with Gasteiger partial charge in [0, 0.05) is 10.0 Å². The van der Waals surface area contributed by atoms with Gasteiger partial charge < -0.3 is 15.2 Å². The Labute approximate surface area is 124 Å². The first-order valence-corrected chi connectivity index (χ1v) is 7.18. The highest BCUT2D eigenvalue weighted by atomic mass is 79.9. The van der Waals surface area contributed by atoms with Gasteiger partial charge in [0.1, 0.15) is 5.75 Å². The van der Waals surface area contributed by atoms with E-state index in [0.29, 0.717) is 0 Å². The van der Waals surface area contributed by atoms with Crippen molar-refractivity contribution >= 4 is 15.9 Å². The maximum atomic E-state index is 10.4. The van der Waals surface area contributed by atoms with Crippen molar-refractivity contribution in [1.29, 1.82) is 0 Å². The second-order valence-corrected chi connectivity index (χ2v) is 6.30. The molecule has 0 aliphatic heterocycles. The molecule has 0 amide bonds. The molecule has 0 bridgehead atoms. The van der Waals surface area contributed by atoms with Gasteiger partial charge in [0.05, 0.1) is 18.8 Å². The molecule has 108 valence electrons. The van der Waals surface area contributed by atoms with E-state index in [4.69, 9.17) is 4.74 Å². The minimum atomic E-state index is -0.881. The molecule has 1 aromatic rings. The number of ether oxygens (including phenoxy) is 1. The van der Waals surface area contributed by atoms with Crippen LogP contribution in [0.2, 0.25) is 0 Å². The van der Waals surface area contributed by atoms with Gasteiger partial charge in [-0.05, 0) is 58.4 Å². The summed E-state index contributed by atoms with van der Waals surface area (Å²) >= 11 is 3.64. The SMILES string of the molecule is CNC(c1c(C)c(Br)c(C)c(C)c1OC)C(C)(C)O. The van der Waals surface area contributed by atoms with Crippen LogP contribution in [0.25, 0.3) is 0 Å². The minimum absolute atomic E-state index is 0.196. The van der Waals surface area contributed by atoms with Crippen molar-refractivity contribution in [2.75, 3.05) is 14.2 Å². The molecule has 1 atom stereocenters. The average Bonchev–Trinajstić information content (AvgIpc) is 2.32. The Hall–Kier alpha value is -0.580. The molecule has 0 aliphatic carbocycles. The summed E-state index contributed by atoms with van der Waals surface area (Å²) in [4.78, 5) is 0. The van der Waals surface area contributed by atoms with Crippen LogP contribution in [0.5, 0.6) is 5.75 Å². The Balaban J connectivity index is 3.67. The Morgan fingerprint density at radius 2 is 1.68 bits per heavy atom. The molecule has 0 aliphatic rings. The van der Waals surface area contributed by atoms with E-state index in [1.165, 1.54) is 5.56 Å². The van der Waals surface area contributed by atoms with Crippen LogP contribution < -0.4 is 10.1 Å². The molecule has 19 heavy (non-hydrogen) atoms. The van der Waals surface area contributed by atoms with Gasteiger partial charge in [0.2, 0.25) is 0 Å². The fourth-order valence-corrected chi connectivity index (χ4v) is 3.08. The summed E-state index contributed by atoms with van der Waals surface area (Å²) < 4.78 is 6.67. The monoisotopic (exact) mass is 329 g/mol. The Kier molecular flexibility index (Phi) is 5.04. The molecule has 0 saturated heterocycles. The average molecular weight is 330 g/mol. The lowest BCUT2D eigenvalue weighted by Gasteiger charge is -2.33. The van der Waals surface area contributed by atoms with Gasteiger partial charge in [0.15, 0.2) is 0 Å². The molecule has 2 N–H and O–H groups in total. The van der Waals surface area contributed by atoms with E-state index in [2.05, 4.69) is 28.2 Å². The third kappa shape index (κ3) is 2.96. The highest BCUT2D eigenvalue weighted by Crippen LogP contribution is 2.42. The van der Waals surface area contributed by atoms with Crippen LogP contribution in [0.4, 0.5) is 0 Å². The van der Waals surface area contributed by atoms with Crippen LogP contribution in [0.1, 0.15) is 42.1 Å². The number of likely N-dealkylation sites (N-methyl/N-ethyl adjacent to an activating group) is 1. The molecule has 1 aromatic carbocycles. The Morgan fingerprint density at radius 1 is 1.16 bits per heavy atom. The molecule has 4 heteroatoms. The minimum Gasteiger partial charge on any atom is -0.496 e. The van der Waals surface area contributed by atoms with Gasteiger partial charge in [-0.3, -0.25) is 0 Å². The van der Waals surface area contributed by atoms with Crippen molar-refractivity contribution in [3.63, 3.8) is 0 Å². The maximum absolute atomic E-state index is 10.4. The molecule has 3 nitrogen and oxygen atoms in total. The summed E-state index contributed by atoms with van der Waals surface area (Å²) in [5.74, 6) is 0.847. The van der Waals surface area contributed by atoms with Gasteiger partial charge >= 0.3 is 0 Å². The first kappa shape index (κ1) is 16.5. The standard InChI is InChI=1S/C15H24BrNO2/c1-8-9(2)13(19-7)11(10(3)12(8)16)14(17-6)15(4,5)18/h14,17-18H,1-7H3. The normalized spacial score (nSPS) is 13.5. The van der Waals surface area contributed by atoms with E-state index in [9.17, 15) is 5.11 Å². The van der Waals surface area contributed by atoms with E-state index in [1.54, 1.807) is 21.0 Å². The predicted octanol–water partition coefficient (Wildman–Crippen LogP) is 3.41. The van der Waals surface area contributed by atoms with Crippen LogP contribution in [0, 0.1) is 20.8 Å². The van der Waals surface area contributed by atoms with E-state index in [-0.39, 0.29) is 6.04 Å². The third-order valence-corrected chi connectivity index (χ3v) is 4.89. The van der Waals surface area contributed by atoms with Gasteiger partial charge in [-0.15, -0.1) is 0 Å². The summed E-state index contributed by atoms with van der Waals surface area (Å²) in [5.41, 5.74) is 3.49. The highest BCUT2D eigenvalue weighted by Gasteiger charge is 2.32. The predicted molar refractivity (Wildman–Crippen MR) is 83.0 cm³/mol. The molecule has 0 radical (unpaired) electrons. The van der Waals surface area contributed by atoms with Gasteiger partial charge in [-0.25, -0.2) is 0 Å². The largest absolute Gasteiger partial charge is 0.496 e. The smallest absolute Gasteiger partial charge is 0.127 e. The second kappa shape index (κ2) is 5.81. The summed E-state index contributed by atoms with van der Waals surface area (Å²) in [7, 11) is 3.53. The van der Waals surface area contributed by atoms with Crippen molar-refractivity contribution in [2.24, 2.45) is 0 Å². The number of hydrogen-bond acceptors (Lipinski definition) is 3. The number of nitrogens with one attached hydrogen (secondary N) is 1. The zero-order valence-electron chi connectivity index (χ0n) is 12.8. The lowest BCUT2D eigenvalue weighted by molar-refractivity contribution is 0.0388. The summed E-state index contributed by atoms with van der Waals surface area (Å²) in [6.45, 7) is 9.76. The van der Waals surface area contributed by atoms with Crippen LogP contribution in [0.3, 0.4) is 0 Å². The van der Waals surface area contributed by atoms with E-state index in [0.717, 1.165) is 26.9 Å². The highest BCUT2D eigenvalue weighted by molar-refractivity contribution is 9.10. The summed E-state index contributed by atoms with van der Waals surface area (Å²) in [6, 6.07) is -0.196. The molecule has 1 unspecified atom stereocenters. The lowest BCUT2D eigenvalue weighted by Crippen LogP contribution is -2.38. The fraction of sp³-hybridized carbons (Fsp3) is 0.600. The molecule has 1 rings (SSSR count). The molecular formula is C15H24BrNO2. The van der Waals surface area contributed by atoms with Gasteiger partial charge in [-0.1, -0.05) is 15.9 Å². The second-order valence-electron chi connectivity index (χ2n) is 5.51. The number of hydrogen-bond donors (Lipinski definition) is 2. The zero-order valence-corrected chi connectivity index (χ0v) is 14.4. The van der Waals surface area contributed by atoms with Gasteiger partial charge in [-0.2, -0.15) is 0 Å². The molecular weight excluding hydrogens is 306 g/mol. The fourth-order valence-electron chi connectivity index (χ4n) is 2.57. The Bertz CT molecular complexity index is 478. The van der Waals surface area contributed by atoms with Crippen molar-refractivity contribution in [1.82, 2.24) is 5.32 Å².